The molecule has 0 fully saturated rings. The fourth-order valence-corrected chi connectivity index (χ4v) is 3.83. The number of carbonyl (C=O) groups is 2. The van der Waals surface area contributed by atoms with Gasteiger partial charge < -0.3 is 10.1 Å². The number of hydrazone groups is 1. The van der Waals surface area contributed by atoms with Crippen molar-refractivity contribution in [3.63, 3.8) is 0 Å². The van der Waals surface area contributed by atoms with E-state index in [1.165, 1.54) is 30.5 Å². The Morgan fingerprint density at radius 2 is 1.73 bits per heavy atom. The lowest BCUT2D eigenvalue weighted by Crippen LogP contribution is -2.32. The number of hydrogen-bond acceptors (Lipinski definition) is 5. The Morgan fingerprint density at radius 1 is 1.05 bits per heavy atom. The third kappa shape index (κ3) is 5.87. The van der Waals surface area contributed by atoms with Crippen LogP contribution in [-0.4, -0.2) is 29.5 Å². The molecule has 2 amide bonds. The second kappa shape index (κ2) is 10.3. The van der Waals surface area contributed by atoms with Crippen LogP contribution in [0.25, 0.3) is 0 Å². The van der Waals surface area contributed by atoms with Gasteiger partial charge in [0.05, 0.1) is 28.7 Å². The summed E-state index contributed by atoms with van der Waals surface area (Å²) in [7, 11) is 0. The van der Waals surface area contributed by atoms with Crippen molar-refractivity contribution in [1.82, 2.24) is 10.7 Å². The van der Waals surface area contributed by atoms with Gasteiger partial charge in [-0.25, -0.2) is 4.90 Å². The average Bonchev–Trinajstić information content (AvgIpc) is 3.08. The largest absolute Gasteiger partial charge is 0.573 e. The van der Waals surface area contributed by atoms with E-state index in [0.717, 1.165) is 28.3 Å². The average molecular weight is 525 g/mol. The summed E-state index contributed by atoms with van der Waals surface area (Å²) < 4.78 is 41.0. The number of carbonyl (C=O) groups excluding carboxylic acids is 2. The predicted molar refractivity (Wildman–Crippen MR) is 135 cm³/mol. The number of rotatable bonds is 6. The second-order valence-corrected chi connectivity index (χ2v) is 8.63. The van der Waals surface area contributed by atoms with Crippen molar-refractivity contribution >= 4 is 41.0 Å². The summed E-state index contributed by atoms with van der Waals surface area (Å²) in [5, 5.41) is 7.38. The lowest BCUT2D eigenvalue weighted by Gasteiger charge is -2.15. The molecule has 0 atom stereocenters. The molecule has 0 saturated heterocycles. The molecule has 1 heterocycles. The summed E-state index contributed by atoms with van der Waals surface area (Å²) in [5.74, 6) is -1.41. The number of ether oxygens (including phenoxy) is 1. The lowest BCUT2D eigenvalue weighted by atomic mass is 9.99. The van der Waals surface area contributed by atoms with Crippen molar-refractivity contribution in [2.75, 3.05) is 4.90 Å². The summed E-state index contributed by atoms with van der Waals surface area (Å²) in [6, 6.07) is 9.06. The first kappa shape index (κ1) is 25.7. The number of nitrogens with zero attached hydrogens (tertiary/aromatic N) is 2. The van der Waals surface area contributed by atoms with Crippen LogP contribution in [0.1, 0.15) is 40.1 Å². The molecule has 2 aromatic rings. The van der Waals surface area contributed by atoms with Gasteiger partial charge in [0.25, 0.3) is 11.8 Å². The van der Waals surface area contributed by atoms with Crippen LogP contribution in [0.3, 0.4) is 0 Å². The maximum atomic E-state index is 12.9. The molecule has 2 aliphatic rings. The van der Waals surface area contributed by atoms with Gasteiger partial charge in [-0.2, -0.15) is 5.10 Å². The number of halogens is 3. The zero-order valence-corrected chi connectivity index (χ0v) is 20.3. The highest BCUT2D eigenvalue weighted by molar-refractivity contribution is 7.80. The summed E-state index contributed by atoms with van der Waals surface area (Å²) >= 11 is 5.28. The molecule has 11 heteroatoms. The Hall–Kier alpha value is -4.43. The molecule has 1 aliphatic carbocycles. The fourth-order valence-electron chi connectivity index (χ4n) is 3.67. The Labute approximate surface area is 215 Å². The fraction of sp³-hybridized carbons (Fsp3) is 0.154. The molecule has 188 valence electrons. The van der Waals surface area contributed by atoms with Crippen LogP contribution in [0.2, 0.25) is 0 Å². The van der Waals surface area contributed by atoms with Crippen LogP contribution in [0.4, 0.5) is 18.9 Å². The smallest absolute Gasteiger partial charge is 0.406 e. The van der Waals surface area contributed by atoms with Crippen LogP contribution in [0.15, 0.2) is 82.5 Å². The van der Waals surface area contributed by atoms with Gasteiger partial charge in [-0.1, -0.05) is 31.4 Å². The third-order valence-electron chi connectivity index (χ3n) is 5.33. The van der Waals surface area contributed by atoms with Crippen LogP contribution in [0.5, 0.6) is 5.75 Å². The first-order chi connectivity index (χ1) is 17.5. The van der Waals surface area contributed by atoms with Gasteiger partial charge in [0, 0.05) is 6.08 Å². The molecule has 0 aromatic heterocycles. The van der Waals surface area contributed by atoms with Crippen molar-refractivity contribution in [2.45, 2.75) is 20.2 Å². The molecule has 4 rings (SSSR count). The number of hydrogen-bond donors (Lipinski definition) is 2. The van der Waals surface area contributed by atoms with Gasteiger partial charge in [0.1, 0.15) is 5.75 Å². The normalized spacial score (nSPS) is 14.7. The van der Waals surface area contributed by atoms with Crippen LogP contribution < -0.4 is 20.4 Å². The molecule has 0 radical (unpaired) electrons. The molecule has 2 aromatic carbocycles. The van der Waals surface area contributed by atoms with Gasteiger partial charge in [-0.05, 0) is 71.7 Å². The minimum atomic E-state index is -4.85. The van der Waals surface area contributed by atoms with Crippen molar-refractivity contribution in [3.8, 4) is 5.75 Å². The Kier molecular flexibility index (Phi) is 7.13. The number of fused-ring (bicyclic) bond motifs is 1. The van der Waals surface area contributed by atoms with Crippen molar-refractivity contribution in [2.24, 2.45) is 11.0 Å². The molecule has 37 heavy (non-hydrogen) atoms. The molecule has 0 unspecified atom stereocenters. The van der Waals surface area contributed by atoms with E-state index < -0.39 is 23.9 Å². The van der Waals surface area contributed by atoms with E-state index in [4.69, 9.17) is 12.2 Å². The van der Waals surface area contributed by atoms with Gasteiger partial charge >= 0.3 is 6.36 Å². The number of benzene rings is 2. The number of anilines is 1. The Balaban J connectivity index is 1.44. The summed E-state index contributed by atoms with van der Waals surface area (Å²) in [5.41, 5.74) is 11.2. The van der Waals surface area contributed by atoms with Gasteiger partial charge in [-0.3, -0.25) is 15.0 Å². The van der Waals surface area contributed by atoms with Crippen molar-refractivity contribution in [3.05, 3.63) is 94.0 Å². The lowest BCUT2D eigenvalue weighted by molar-refractivity contribution is -0.274. The standard InChI is InChI=1S/C26H19F3N4O3S/c1-15(2)19-5-3-4-6-22(19)31-25(37)32-30-14-16-7-12-20-21(13-16)24(35)33(23(20)34)17-8-10-18(11-9-17)36-26(27,28)29/h5-15H,1-2H3,(H2,31,32,37)/b30-14+. The number of amides is 2. The Bertz CT molecular complexity index is 1450. The van der Waals surface area contributed by atoms with Crippen LogP contribution in [-0.2, 0) is 0 Å². The maximum Gasteiger partial charge on any atom is 0.573 e. The number of allylic oxidation sites excluding steroid dienone is 3. The minimum Gasteiger partial charge on any atom is -0.406 e. The quantitative estimate of drug-likeness (QED) is 0.183. The molecular formula is C26H19F3N4O3S. The molecular weight excluding hydrogens is 505 g/mol. The zero-order chi connectivity index (χ0) is 26.7. The van der Waals surface area contributed by atoms with Crippen LogP contribution in [0, 0.1) is 5.92 Å². The zero-order valence-electron chi connectivity index (χ0n) is 19.5. The molecule has 2 N–H and O–H groups in total. The van der Waals surface area contributed by atoms with Crippen LogP contribution >= 0.6 is 12.2 Å². The topological polar surface area (TPSA) is 83.0 Å². The molecule has 1 aliphatic heterocycles. The van der Waals surface area contributed by atoms with Gasteiger partial charge in [0.2, 0.25) is 0 Å². The van der Waals surface area contributed by atoms with E-state index in [0.29, 0.717) is 5.56 Å². The second-order valence-electron chi connectivity index (χ2n) is 8.22. The highest BCUT2D eigenvalue weighted by Gasteiger charge is 2.37. The number of nitrogens with one attached hydrogen (secondary N) is 2. The van der Waals surface area contributed by atoms with E-state index in [1.807, 2.05) is 19.9 Å². The van der Waals surface area contributed by atoms with E-state index in [-0.39, 0.29) is 27.8 Å². The third-order valence-corrected chi connectivity index (χ3v) is 5.52. The Morgan fingerprint density at radius 3 is 2.41 bits per heavy atom. The SMILES string of the molecule is CC(C)C1=C(NC(=S)N/N=C/c2ccc3c(c2)C(=O)N(c2ccc(OC(F)(F)F)cc2)C3=O)C=C=C=C1. The molecule has 0 spiro atoms. The summed E-state index contributed by atoms with van der Waals surface area (Å²) in [4.78, 5) is 26.6. The first-order valence-electron chi connectivity index (χ1n) is 10.9. The highest BCUT2D eigenvalue weighted by Crippen LogP contribution is 2.31. The van der Waals surface area contributed by atoms with Crippen molar-refractivity contribution < 1.29 is 27.5 Å². The predicted octanol–water partition coefficient (Wildman–Crippen LogP) is 4.97. The van der Waals surface area contributed by atoms with E-state index >= 15 is 0 Å². The van der Waals surface area contributed by atoms with Gasteiger partial charge in [-0.15, -0.1) is 13.2 Å². The maximum absolute atomic E-state index is 12.9. The minimum absolute atomic E-state index is 0.116. The van der Waals surface area contributed by atoms with E-state index in [2.05, 4.69) is 32.0 Å². The molecule has 7 nitrogen and oxygen atoms in total. The van der Waals surface area contributed by atoms with Crippen molar-refractivity contribution in [1.29, 1.82) is 0 Å². The molecule has 0 bridgehead atoms. The monoisotopic (exact) mass is 524 g/mol. The van der Waals surface area contributed by atoms with Gasteiger partial charge in [0.15, 0.2) is 5.11 Å². The number of thiocarbonyl (C=S) groups is 1. The number of imide groups is 1. The van der Waals surface area contributed by atoms with E-state index in [1.54, 1.807) is 12.1 Å². The summed E-state index contributed by atoms with van der Waals surface area (Å²) in [6.07, 6.45) is 0.153. The summed E-state index contributed by atoms with van der Waals surface area (Å²) in [6.45, 7) is 4.09. The van der Waals surface area contributed by atoms with E-state index in [9.17, 15) is 22.8 Å². The number of alkyl halides is 3. The highest BCUT2D eigenvalue weighted by atomic mass is 32.1. The first-order valence-corrected chi connectivity index (χ1v) is 11.3. The molecule has 0 saturated carbocycles.